The Morgan fingerprint density at radius 3 is 2.67 bits per heavy atom. The van der Waals surface area contributed by atoms with Gasteiger partial charge in [-0.15, -0.1) is 0 Å². The van der Waals surface area contributed by atoms with Gasteiger partial charge in [0.2, 0.25) is 0 Å². The lowest BCUT2D eigenvalue weighted by Gasteiger charge is -2.05. The molecule has 2 N–H and O–H groups in total. The average molecular weight is 204 g/mol. The van der Waals surface area contributed by atoms with E-state index in [9.17, 15) is 0 Å². The molecule has 0 amide bonds. The molecule has 0 aliphatic carbocycles. The molecule has 0 fully saturated rings. The van der Waals surface area contributed by atoms with Crippen molar-refractivity contribution in [2.75, 3.05) is 5.73 Å². The summed E-state index contributed by atoms with van der Waals surface area (Å²) in [6, 6.07) is 7.25. The lowest BCUT2D eigenvalue weighted by atomic mass is 10.3. The maximum absolute atomic E-state index is 5.56. The molecule has 0 saturated carbocycles. The van der Waals surface area contributed by atoms with Crippen LogP contribution in [0, 0.1) is 0 Å². The number of aryl methyl sites for hydroxylation is 1. The Hall–Kier alpha value is -2.04. The van der Waals surface area contributed by atoms with Crippen LogP contribution < -0.4 is 10.5 Å². The zero-order chi connectivity index (χ0) is 10.7. The molecule has 1 aromatic heterocycles. The smallest absolute Gasteiger partial charge is 0.164 e. The molecule has 0 spiro atoms. The standard InChI is InChI=1S/C10H12N4O/c1-14-10(12-7-13-14)6-15-9-4-2-8(11)3-5-9/h2-5,7H,6,11H2,1H3. The van der Waals surface area contributed by atoms with E-state index in [4.69, 9.17) is 10.5 Å². The molecule has 5 nitrogen and oxygen atoms in total. The molecule has 2 aromatic rings. The zero-order valence-electron chi connectivity index (χ0n) is 8.42. The van der Waals surface area contributed by atoms with Crippen LogP contribution in [-0.2, 0) is 13.7 Å². The zero-order valence-corrected chi connectivity index (χ0v) is 8.42. The summed E-state index contributed by atoms with van der Waals surface area (Å²) in [6.45, 7) is 0.403. The van der Waals surface area contributed by atoms with Crippen molar-refractivity contribution in [3.8, 4) is 5.75 Å². The summed E-state index contributed by atoms with van der Waals surface area (Å²) < 4.78 is 7.19. The average Bonchev–Trinajstić information content (AvgIpc) is 2.63. The van der Waals surface area contributed by atoms with E-state index in [-0.39, 0.29) is 0 Å². The van der Waals surface area contributed by atoms with Crippen molar-refractivity contribution in [2.24, 2.45) is 7.05 Å². The van der Waals surface area contributed by atoms with Crippen molar-refractivity contribution < 1.29 is 4.74 Å². The minimum absolute atomic E-state index is 0.403. The Kier molecular flexibility index (Phi) is 2.53. The Morgan fingerprint density at radius 2 is 2.07 bits per heavy atom. The molecule has 0 atom stereocenters. The van der Waals surface area contributed by atoms with Crippen molar-refractivity contribution in [2.45, 2.75) is 6.61 Å². The van der Waals surface area contributed by atoms with Crippen LogP contribution in [0.15, 0.2) is 30.6 Å². The quantitative estimate of drug-likeness (QED) is 0.757. The number of benzene rings is 1. The van der Waals surface area contributed by atoms with Crippen molar-refractivity contribution in [3.63, 3.8) is 0 Å². The highest BCUT2D eigenvalue weighted by molar-refractivity contribution is 5.41. The normalized spacial score (nSPS) is 10.2. The van der Waals surface area contributed by atoms with Crippen LogP contribution in [0.4, 0.5) is 5.69 Å². The molecule has 0 aliphatic rings. The van der Waals surface area contributed by atoms with Crippen LogP contribution in [0.25, 0.3) is 0 Å². The molecule has 15 heavy (non-hydrogen) atoms. The largest absolute Gasteiger partial charge is 0.486 e. The van der Waals surface area contributed by atoms with Crippen LogP contribution in [0.3, 0.4) is 0 Å². The molecular formula is C10H12N4O. The molecule has 1 aromatic carbocycles. The van der Waals surface area contributed by atoms with Crippen molar-refractivity contribution in [1.29, 1.82) is 0 Å². The van der Waals surface area contributed by atoms with E-state index in [1.54, 1.807) is 16.8 Å². The van der Waals surface area contributed by atoms with Gasteiger partial charge in [-0.3, -0.25) is 4.68 Å². The summed E-state index contributed by atoms with van der Waals surface area (Å²) in [7, 11) is 1.83. The number of rotatable bonds is 3. The van der Waals surface area contributed by atoms with E-state index in [2.05, 4.69) is 10.1 Å². The third kappa shape index (κ3) is 2.25. The number of ether oxygens (including phenoxy) is 1. The fourth-order valence-electron chi connectivity index (χ4n) is 1.16. The maximum Gasteiger partial charge on any atom is 0.164 e. The van der Waals surface area contributed by atoms with Crippen LogP contribution in [0.1, 0.15) is 5.82 Å². The van der Waals surface area contributed by atoms with Crippen LogP contribution in [0.5, 0.6) is 5.75 Å². The Labute approximate surface area is 87.5 Å². The fraction of sp³-hybridized carbons (Fsp3) is 0.200. The molecule has 5 heteroatoms. The van der Waals surface area contributed by atoms with E-state index in [1.165, 1.54) is 6.33 Å². The second-order valence-electron chi connectivity index (χ2n) is 3.16. The van der Waals surface area contributed by atoms with Gasteiger partial charge in [-0.1, -0.05) is 0 Å². The van der Waals surface area contributed by atoms with Crippen molar-refractivity contribution in [3.05, 3.63) is 36.4 Å². The SMILES string of the molecule is Cn1ncnc1COc1ccc(N)cc1. The second kappa shape index (κ2) is 4.00. The van der Waals surface area contributed by atoms with E-state index in [1.807, 2.05) is 19.2 Å². The lowest BCUT2D eigenvalue weighted by molar-refractivity contribution is 0.290. The summed E-state index contributed by atoms with van der Waals surface area (Å²) in [5.41, 5.74) is 6.28. The minimum Gasteiger partial charge on any atom is -0.486 e. The molecule has 1 heterocycles. The number of hydrogen-bond acceptors (Lipinski definition) is 4. The van der Waals surface area contributed by atoms with Gasteiger partial charge in [-0.2, -0.15) is 5.10 Å². The first-order valence-electron chi connectivity index (χ1n) is 4.57. The van der Waals surface area contributed by atoms with Crippen molar-refractivity contribution >= 4 is 5.69 Å². The lowest BCUT2D eigenvalue weighted by Crippen LogP contribution is -2.04. The van der Waals surface area contributed by atoms with Gasteiger partial charge in [-0.25, -0.2) is 4.98 Å². The highest BCUT2D eigenvalue weighted by Gasteiger charge is 2.00. The highest BCUT2D eigenvalue weighted by atomic mass is 16.5. The Morgan fingerprint density at radius 1 is 1.33 bits per heavy atom. The molecule has 78 valence electrons. The van der Waals surface area contributed by atoms with E-state index in [0.717, 1.165) is 17.3 Å². The van der Waals surface area contributed by atoms with Gasteiger partial charge in [0.1, 0.15) is 18.7 Å². The summed E-state index contributed by atoms with van der Waals surface area (Å²) in [5.74, 6) is 1.55. The predicted molar refractivity (Wildman–Crippen MR) is 56.2 cm³/mol. The second-order valence-corrected chi connectivity index (χ2v) is 3.16. The van der Waals surface area contributed by atoms with Gasteiger partial charge in [0, 0.05) is 12.7 Å². The molecule has 2 rings (SSSR count). The fourth-order valence-corrected chi connectivity index (χ4v) is 1.16. The Balaban J connectivity index is 1.99. The topological polar surface area (TPSA) is 66.0 Å². The van der Waals surface area contributed by atoms with Gasteiger partial charge in [0.25, 0.3) is 0 Å². The van der Waals surface area contributed by atoms with Gasteiger partial charge in [0.15, 0.2) is 5.82 Å². The van der Waals surface area contributed by atoms with E-state index >= 15 is 0 Å². The van der Waals surface area contributed by atoms with Crippen LogP contribution in [0.2, 0.25) is 0 Å². The first-order valence-corrected chi connectivity index (χ1v) is 4.57. The van der Waals surface area contributed by atoms with Crippen LogP contribution >= 0.6 is 0 Å². The van der Waals surface area contributed by atoms with Gasteiger partial charge >= 0.3 is 0 Å². The molecule has 0 unspecified atom stereocenters. The number of anilines is 1. The number of hydrogen-bond donors (Lipinski definition) is 1. The highest BCUT2D eigenvalue weighted by Crippen LogP contribution is 2.14. The summed E-state index contributed by atoms with van der Waals surface area (Å²) in [5, 5.41) is 3.95. The first-order chi connectivity index (χ1) is 7.25. The maximum atomic E-state index is 5.56. The van der Waals surface area contributed by atoms with E-state index in [0.29, 0.717) is 6.61 Å². The Bertz CT molecular complexity index is 435. The number of nitrogens with zero attached hydrogens (tertiary/aromatic N) is 3. The monoisotopic (exact) mass is 204 g/mol. The third-order valence-corrected chi connectivity index (χ3v) is 2.05. The van der Waals surface area contributed by atoms with Gasteiger partial charge < -0.3 is 10.5 Å². The predicted octanol–water partition coefficient (Wildman–Crippen LogP) is 0.976. The molecular weight excluding hydrogens is 192 g/mol. The molecule has 0 radical (unpaired) electrons. The number of nitrogen functional groups attached to an aromatic ring is 1. The molecule has 0 saturated heterocycles. The van der Waals surface area contributed by atoms with Crippen LogP contribution in [-0.4, -0.2) is 14.8 Å². The molecule has 0 aliphatic heterocycles. The minimum atomic E-state index is 0.403. The summed E-state index contributed by atoms with van der Waals surface area (Å²) >= 11 is 0. The summed E-state index contributed by atoms with van der Waals surface area (Å²) in [6.07, 6.45) is 1.50. The molecule has 0 bridgehead atoms. The first kappa shape index (κ1) is 9.51. The van der Waals surface area contributed by atoms with Crippen molar-refractivity contribution in [1.82, 2.24) is 14.8 Å². The van der Waals surface area contributed by atoms with E-state index < -0.39 is 0 Å². The summed E-state index contributed by atoms with van der Waals surface area (Å²) in [4.78, 5) is 4.05. The van der Waals surface area contributed by atoms with Gasteiger partial charge in [-0.05, 0) is 24.3 Å². The third-order valence-electron chi connectivity index (χ3n) is 2.05. The number of nitrogens with two attached hydrogens (primary N) is 1. The number of aromatic nitrogens is 3. The van der Waals surface area contributed by atoms with Gasteiger partial charge in [0.05, 0.1) is 0 Å².